The molecule has 0 aliphatic rings. The predicted molar refractivity (Wildman–Crippen MR) is 64.7 cm³/mol. The molecule has 0 saturated heterocycles. The lowest BCUT2D eigenvalue weighted by Crippen LogP contribution is -1.84. The van der Waals surface area contributed by atoms with Crippen LogP contribution in [0.4, 0.5) is 0 Å². The molecule has 0 radical (unpaired) electrons. The molecule has 15 heavy (non-hydrogen) atoms. The fourth-order valence-corrected chi connectivity index (χ4v) is 2.38. The molecule has 3 aromatic rings. The first-order valence-corrected chi connectivity index (χ1v) is 5.42. The Morgan fingerprint density at radius 2 is 1.87 bits per heavy atom. The van der Waals surface area contributed by atoms with Crippen LogP contribution in [0.2, 0.25) is 0 Å². The molecule has 0 unspecified atom stereocenters. The van der Waals surface area contributed by atoms with Gasteiger partial charge in [-0.2, -0.15) is 0 Å². The van der Waals surface area contributed by atoms with E-state index in [9.17, 15) is 0 Å². The minimum atomic E-state index is 1.00. The fraction of sp³-hybridized carbons (Fsp3) is 0. The summed E-state index contributed by atoms with van der Waals surface area (Å²) in [4.78, 5) is 8.35. The van der Waals surface area contributed by atoms with Gasteiger partial charge in [-0.1, -0.05) is 40.2 Å². The van der Waals surface area contributed by atoms with E-state index in [1.165, 1.54) is 5.39 Å². The predicted octanol–water partition coefficient (Wildman–Crippen LogP) is 3.55. The Balaban J connectivity index is 2.64. The summed E-state index contributed by atoms with van der Waals surface area (Å²) >= 11 is 3.56. The summed E-state index contributed by atoms with van der Waals surface area (Å²) < 4.78 is 1.08. The molecule has 0 fully saturated rings. The van der Waals surface area contributed by atoms with Gasteiger partial charge in [-0.3, -0.25) is 0 Å². The quantitative estimate of drug-likeness (QED) is 0.577. The van der Waals surface area contributed by atoms with E-state index >= 15 is 0 Å². The number of hydrogen-bond acceptors (Lipinski definition) is 2. The summed E-state index contributed by atoms with van der Waals surface area (Å²) in [6.07, 6.45) is 3.42. The second kappa shape index (κ2) is 3.28. The van der Waals surface area contributed by atoms with Gasteiger partial charge in [0.15, 0.2) is 0 Å². The van der Waals surface area contributed by atoms with Gasteiger partial charge >= 0.3 is 0 Å². The van der Waals surface area contributed by atoms with E-state index in [1.54, 1.807) is 6.33 Å². The van der Waals surface area contributed by atoms with Crippen LogP contribution in [-0.4, -0.2) is 9.97 Å². The molecular formula is C12H7BrN2. The number of rotatable bonds is 0. The highest BCUT2D eigenvalue weighted by atomic mass is 79.9. The molecule has 0 N–H and O–H groups in total. The molecule has 1 aromatic heterocycles. The normalized spacial score (nSPS) is 11.0. The van der Waals surface area contributed by atoms with Crippen LogP contribution in [0.15, 0.2) is 47.3 Å². The number of nitrogens with zero attached hydrogens (tertiary/aromatic N) is 2. The second-order valence-electron chi connectivity index (χ2n) is 3.36. The number of benzene rings is 2. The van der Waals surface area contributed by atoms with Gasteiger partial charge in [-0.15, -0.1) is 0 Å². The lowest BCUT2D eigenvalue weighted by molar-refractivity contribution is 1.23. The number of hydrogen-bond donors (Lipinski definition) is 0. The molecule has 72 valence electrons. The van der Waals surface area contributed by atoms with Gasteiger partial charge in [-0.25, -0.2) is 9.97 Å². The van der Waals surface area contributed by atoms with Gasteiger partial charge in [0, 0.05) is 21.4 Å². The van der Waals surface area contributed by atoms with Crippen molar-refractivity contribution < 1.29 is 0 Å². The van der Waals surface area contributed by atoms with Crippen LogP contribution >= 0.6 is 15.9 Å². The summed E-state index contributed by atoms with van der Waals surface area (Å²) in [6, 6.07) is 10.3. The molecule has 0 saturated carbocycles. The Bertz CT molecular complexity index is 649. The van der Waals surface area contributed by atoms with Crippen LogP contribution in [0, 0.1) is 0 Å². The monoisotopic (exact) mass is 258 g/mol. The Hall–Kier alpha value is -1.48. The lowest BCUT2D eigenvalue weighted by Gasteiger charge is -2.04. The van der Waals surface area contributed by atoms with Crippen LogP contribution in [0.1, 0.15) is 0 Å². The Morgan fingerprint density at radius 3 is 2.73 bits per heavy atom. The van der Waals surface area contributed by atoms with E-state index in [-0.39, 0.29) is 0 Å². The maximum atomic E-state index is 4.32. The molecular weight excluding hydrogens is 252 g/mol. The molecule has 0 spiro atoms. The highest BCUT2D eigenvalue weighted by Gasteiger charge is 2.04. The van der Waals surface area contributed by atoms with E-state index in [2.05, 4.69) is 44.1 Å². The zero-order chi connectivity index (χ0) is 10.3. The average molecular weight is 259 g/mol. The van der Waals surface area contributed by atoms with Gasteiger partial charge in [0.1, 0.15) is 6.33 Å². The first-order valence-electron chi connectivity index (χ1n) is 4.63. The van der Waals surface area contributed by atoms with Crippen LogP contribution in [0.25, 0.3) is 21.7 Å². The molecule has 2 nitrogen and oxygen atoms in total. The van der Waals surface area contributed by atoms with Crippen molar-refractivity contribution in [3.05, 3.63) is 47.3 Å². The van der Waals surface area contributed by atoms with Crippen LogP contribution in [0.3, 0.4) is 0 Å². The van der Waals surface area contributed by atoms with Gasteiger partial charge in [0.05, 0.1) is 5.52 Å². The number of aromatic nitrogens is 2. The topological polar surface area (TPSA) is 25.8 Å². The van der Waals surface area contributed by atoms with Crippen molar-refractivity contribution in [3.63, 3.8) is 0 Å². The molecule has 0 amide bonds. The van der Waals surface area contributed by atoms with E-state index < -0.39 is 0 Å². The zero-order valence-electron chi connectivity index (χ0n) is 7.81. The van der Waals surface area contributed by atoms with Crippen LogP contribution in [-0.2, 0) is 0 Å². The van der Waals surface area contributed by atoms with E-state index in [0.717, 1.165) is 20.8 Å². The van der Waals surface area contributed by atoms with Gasteiger partial charge in [0.25, 0.3) is 0 Å². The summed E-state index contributed by atoms with van der Waals surface area (Å²) in [7, 11) is 0. The number of halogens is 1. The highest BCUT2D eigenvalue weighted by molar-refractivity contribution is 9.10. The third kappa shape index (κ3) is 1.31. The first kappa shape index (κ1) is 8.80. The van der Waals surface area contributed by atoms with E-state index in [4.69, 9.17) is 0 Å². The Morgan fingerprint density at radius 1 is 1.07 bits per heavy atom. The van der Waals surface area contributed by atoms with Crippen molar-refractivity contribution in [1.29, 1.82) is 0 Å². The van der Waals surface area contributed by atoms with Crippen molar-refractivity contribution in [3.8, 4) is 0 Å². The summed E-state index contributed by atoms with van der Waals surface area (Å²) in [5.41, 5.74) is 1.00. The summed E-state index contributed by atoms with van der Waals surface area (Å²) in [5.74, 6) is 0. The second-order valence-corrected chi connectivity index (χ2v) is 4.22. The highest BCUT2D eigenvalue weighted by Crippen LogP contribution is 2.29. The smallest absolute Gasteiger partial charge is 0.116 e. The minimum absolute atomic E-state index is 1.00. The maximum absolute atomic E-state index is 4.32. The summed E-state index contributed by atoms with van der Waals surface area (Å²) in [6.45, 7) is 0. The lowest BCUT2D eigenvalue weighted by atomic mass is 10.1. The number of fused-ring (bicyclic) bond motifs is 3. The van der Waals surface area contributed by atoms with E-state index in [1.807, 2.05) is 18.3 Å². The van der Waals surface area contributed by atoms with Crippen LogP contribution < -0.4 is 0 Å². The molecule has 2 aromatic carbocycles. The third-order valence-corrected chi connectivity index (χ3v) is 3.12. The Labute approximate surface area is 95.1 Å². The van der Waals surface area contributed by atoms with E-state index in [0.29, 0.717) is 0 Å². The molecule has 3 heteroatoms. The molecule has 1 heterocycles. The first-order chi connectivity index (χ1) is 7.36. The van der Waals surface area contributed by atoms with Crippen molar-refractivity contribution in [1.82, 2.24) is 9.97 Å². The summed E-state index contributed by atoms with van der Waals surface area (Å²) in [5, 5.41) is 3.40. The van der Waals surface area contributed by atoms with Crippen molar-refractivity contribution >= 4 is 37.6 Å². The van der Waals surface area contributed by atoms with Crippen LogP contribution in [0.5, 0.6) is 0 Å². The molecule has 0 aliphatic heterocycles. The van der Waals surface area contributed by atoms with Gasteiger partial charge < -0.3 is 0 Å². The molecule has 0 atom stereocenters. The van der Waals surface area contributed by atoms with Gasteiger partial charge in [0.2, 0.25) is 0 Å². The minimum Gasteiger partial charge on any atom is -0.244 e. The molecule has 0 aliphatic carbocycles. The van der Waals surface area contributed by atoms with Crippen molar-refractivity contribution in [2.75, 3.05) is 0 Å². The largest absolute Gasteiger partial charge is 0.244 e. The Kier molecular flexibility index (Phi) is 1.92. The average Bonchev–Trinajstić information content (AvgIpc) is 2.30. The zero-order valence-corrected chi connectivity index (χ0v) is 9.40. The van der Waals surface area contributed by atoms with Gasteiger partial charge in [-0.05, 0) is 11.5 Å². The molecule has 0 bridgehead atoms. The fourth-order valence-electron chi connectivity index (χ4n) is 1.78. The SMILES string of the molecule is Brc1cc2cncnc2c2ccccc12. The van der Waals surface area contributed by atoms with Crippen molar-refractivity contribution in [2.24, 2.45) is 0 Å². The maximum Gasteiger partial charge on any atom is 0.116 e. The van der Waals surface area contributed by atoms with Crippen molar-refractivity contribution in [2.45, 2.75) is 0 Å². The third-order valence-electron chi connectivity index (χ3n) is 2.46. The molecule has 3 rings (SSSR count). The standard InChI is InChI=1S/C12H7BrN2/c13-11-5-8-6-14-7-15-12(8)10-4-2-1-3-9(10)11/h1-7H.